The maximum Gasteiger partial charge on any atom is 0.341 e. The quantitative estimate of drug-likeness (QED) is 0.839. The van der Waals surface area contributed by atoms with E-state index in [1.807, 2.05) is 13.8 Å². The number of halogens is 2. The second kappa shape index (κ2) is 6.95. The molecule has 0 unspecified atom stereocenters. The first-order valence-electron chi connectivity index (χ1n) is 6.33. The number of alkyl halides is 2. The Balaban J connectivity index is 2.78. The van der Waals surface area contributed by atoms with Crippen molar-refractivity contribution >= 4 is 21.4 Å². The zero-order valence-corrected chi connectivity index (χ0v) is 12.5. The molecule has 0 bridgehead atoms. The highest BCUT2D eigenvalue weighted by Crippen LogP contribution is 2.20. The summed E-state index contributed by atoms with van der Waals surface area (Å²) in [4.78, 5) is 11.3. The normalized spacial score (nSPS) is 13.5. The summed E-state index contributed by atoms with van der Waals surface area (Å²) in [7, 11) is -4.63. The molecule has 0 aromatic heterocycles. The second-order valence-corrected chi connectivity index (χ2v) is 6.97. The molecule has 0 fully saturated rings. The molecule has 3 N–H and O–H groups in total. The molecule has 1 amide bonds. The predicted octanol–water partition coefficient (Wildman–Crippen LogP) is 1.99. The predicted molar refractivity (Wildman–Crippen MR) is 75.7 cm³/mol. The highest BCUT2D eigenvalue weighted by molar-refractivity contribution is 7.91. The average Bonchev–Trinajstić information content (AvgIpc) is 2.38. The van der Waals surface area contributed by atoms with Crippen molar-refractivity contribution in [1.82, 2.24) is 0 Å². The van der Waals surface area contributed by atoms with Crippen molar-refractivity contribution in [1.29, 1.82) is 0 Å². The van der Waals surface area contributed by atoms with E-state index in [0.29, 0.717) is 12.1 Å². The van der Waals surface area contributed by atoms with E-state index in [4.69, 9.17) is 5.73 Å². The molecular formula is C13H18F2N2O3S. The number of carbonyl (C=O) groups is 1. The third-order valence-corrected chi connectivity index (χ3v) is 4.15. The molecule has 0 aliphatic heterocycles. The summed E-state index contributed by atoms with van der Waals surface area (Å²) in [5.74, 6) is -3.63. The van der Waals surface area contributed by atoms with Gasteiger partial charge in [0.1, 0.15) is 0 Å². The molecule has 0 aliphatic carbocycles. The number of nitrogens with one attached hydrogen (secondary N) is 1. The van der Waals surface area contributed by atoms with Gasteiger partial charge in [-0.3, -0.25) is 4.79 Å². The third-order valence-electron chi connectivity index (χ3n) is 2.75. The summed E-state index contributed by atoms with van der Waals surface area (Å²) in [6.07, 6.45) is 0.504. The zero-order chi connectivity index (χ0) is 16.2. The van der Waals surface area contributed by atoms with Gasteiger partial charge in [-0.1, -0.05) is 13.8 Å². The lowest BCUT2D eigenvalue weighted by molar-refractivity contribution is -0.117. The van der Waals surface area contributed by atoms with Gasteiger partial charge in [0.05, 0.1) is 10.9 Å². The zero-order valence-electron chi connectivity index (χ0n) is 11.7. The van der Waals surface area contributed by atoms with E-state index in [2.05, 4.69) is 5.32 Å². The van der Waals surface area contributed by atoms with Gasteiger partial charge in [0.15, 0.2) is 0 Å². The van der Waals surface area contributed by atoms with Crippen LogP contribution in [0.5, 0.6) is 0 Å². The number of hydrogen-bond acceptors (Lipinski definition) is 4. The van der Waals surface area contributed by atoms with Gasteiger partial charge in [-0.2, -0.15) is 8.78 Å². The van der Waals surface area contributed by atoms with Gasteiger partial charge in [0, 0.05) is 5.69 Å². The van der Waals surface area contributed by atoms with Gasteiger partial charge in [-0.05, 0) is 36.6 Å². The Morgan fingerprint density at radius 3 is 2.19 bits per heavy atom. The van der Waals surface area contributed by atoms with Crippen molar-refractivity contribution in [2.75, 3.05) is 5.32 Å². The molecule has 21 heavy (non-hydrogen) atoms. The molecule has 8 heteroatoms. The summed E-state index contributed by atoms with van der Waals surface area (Å²) >= 11 is 0. The third kappa shape index (κ3) is 4.75. The smallest absolute Gasteiger partial charge is 0.325 e. The SMILES string of the molecule is CC(C)C[C@H](N)C(=O)Nc1ccc(S(=O)(=O)C(F)F)cc1. The molecule has 1 aromatic carbocycles. The first-order chi connectivity index (χ1) is 9.64. The number of anilines is 1. The second-order valence-electron chi connectivity index (χ2n) is 5.06. The van der Waals surface area contributed by atoms with Gasteiger partial charge >= 0.3 is 5.76 Å². The Kier molecular flexibility index (Phi) is 5.79. The van der Waals surface area contributed by atoms with Crippen LogP contribution in [0.4, 0.5) is 14.5 Å². The van der Waals surface area contributed by atoms with Crippen LogP contribution >= 0.6 is 0 Å². The van der Waals surface area contributed by atoms with E-state index in [1.165, 1.54) is 12.1 Å². The summed E-state index contributed by atoms with van der Waals surface area (Å²) in [5, 5.41) is 2.51. The highest BCUT2D eigenvalue weighted by Gasteiger charge is 2.26. The topological polar surface area (TPSA) is 89.3 Å². The Morgan fingerprint density at radius 1 is 1.24 bits per heavy atom. The summed E-state index contributed by atoms with van der Waals surface area (Å²) in [5.41, 5.74) is 6.00. The van der Waals surface area contributed by atoms with Crippen LogP contribution in [0.15, 0.2) is 29.2 Å². The van der Waals surface area contributed by atoms with E-state index in [0.717, 1.165) is 12.1 Å². The molecule has 0 radical (unpaired) electrons. The maximum atomic E-state index is 12.4. The summed E-state index contributed by atoms with van der Waals surface area (Å²) in [6, 6.07) is 3.84. The maximum absolute atomic E-state index is 12.4. The van der Waals surface area contributed by atoms with Crippen LogP contribution in [-0.4, -0.2) is 26.1 Å². The van der Waals surface area contributed by atoms with Crippen LogP contribution in [0.25, 0.3) is 0 Å². The number of amides is 1. The first-order valence-corrected chi connectivity index (χ1v) is 7.87. The molecule has 1 atom stereocenters. The van der Waals surface area contributed by atoms with Gasteiger partial charge in [0.2, 0.25) is 15.7 Å². The Hall–Kier alpha value is -1.54. The van der Waals surface area contributed by atoms with Crippen molar-refractivity contribution in [2.45, 2.75) is 37.0 Å². The van der Waals surface area contributed by atoms with Crippen LogP contribution in [-0.2, 0) is 14.6 Å². The number of benzene rings is 1. The molecule has 0 heterocycles. The first kappa shape index (κ1) is 17.5. The van der Waals surface area contributed by atoms with Gasteiger partial charge in [-0.15, -0.1) is 0 Å². The highest BCUT2D eigenvalue weighted by atomic mass is 32.2. The Labute approximate surface area is 122 Å². The fraction of sp³-hybridized carbons (Fsp3) is 0.462. The number of rotatable bonds is 6. The number of sulfone groups is 1. The number of hydrogen-bond donors (Lipinski definition) is 2. The lowest BCUT2D eigenvalue weighted by Gasteiger charge is -2.14. The summed E-state index contributed by atoms with van der Waals surface area (Å²) < 4.78 is 47.2. The molecule has 1 aromatic rings. The minimum absolute atomic E-state index is 0.254. The van der Waals surface area contributed by atoms with Crippen molar-refractivity contribution in [3.63, 3.8) is 0 Å². The Bertz CT molecular complexity index is 586. The molecule has 0 saturated carbocycles. The van der Waals surface area contributed by atoms with Crippen LogP contribution < -0.4 is 11.1 Å². The van der Waals surface area contributed by atoms with E-state index in [-0.39, 0.29) is 5.92 Å². The van der Waals surface area contributed by atoms with Crippen LogP contribution in [0.1, 0.15) is 20.3 Å². The minimum Gasteiger partial charge on any atom is -0.325 e. The van der Waals surface area contributed by atoms with E-state index < -0.39 is 32.4 Å². The minimum atomic E-state index is -4.63. The van der Waals surface area contributed by atoms with Crippen LogP contribution in [0, 0.1) is 5.92 Å². The van der Waals surface area contributed by atoms with E-state index >= 15 is 0 Å². The fourth-order valence-corrected chi connectivity index (χ4v) is 2.40. The van der Waals surface area contributed by atoms with Crippen molar-refractivity contribution in [3.05, 3.63) is 24.3 Å². The molecule has 118 valence electrons. The number of nitrogens with two attached hydrogens (primary N) is 1. The summed E-state index contributed by atoms with van der Waals surface area (Å²) in [6.45, 7) is 3.86. The van der Waals surface area contributed by atoms with E-state index in [1.54, 1.807) is 0 Å². The molecular weight excluding hydrogens is 302 g/mol. The van der Waals surface area contributed by atoms with Crippen LogP contribution in [0.2, 0.25) is 0 Å². The van der Waals surface area contributed by atoms with Gasteiger partial charge in [-0.25, -0.2) is 8.42 Å². The standard InChI is InChI=1S/C13H18F2N2O3S/c1-8(2)7-11(16)12(18)17-9-3-5-10(6-4-9)21(19,20)13(14)15/h3-6,8,11,13H,7,16H2,1-2H3,(H,17,18)/t11-/m0/s1. The average molecular weight is 320 g/mol. The molecule has 1 rings (SSSR count). The Morgan fingerprint density at radius 2 is 1.76 bits per heavy atom. The van der Waals surface area contributed by atoms with Gasteiger partial charge < -0.3 is 11.1 Å². The lowest BCUT2D eigenvalue weighted by atomic mass is 10.0. The van der Waals surface area contributed by atoms with Gasteiger partial charge in [0.25, 0.3) is 0 Å². The largest absolute Gasteiger partial charge is 0.341 e. The monoisotopic (exact) mass is 320 g/mol. The van der Waals surface area contributed by atoms with Crippen molar-refractivity contribution < 1.29 is 22.0 Å². The fourth-order valence-electron chi connectivity index (χ4n) is 1.68. The molecule has 0 saturated heterocycles. The van der Waals surface area contributed by atoms with Crippen molar-refractivity contribution in [3.8, 4) is 0 Å². The van der Waals surface area contributed by atoms with E-state index in [9.17, 15) is 22.0 Å². The molecule has 0 spiro atoms. The molecule has 0 aliphatic rings. The number of carbonyl (C=O) groups excluding carboxylic acids is 1. The molecule has 5 nitrogen and oxygen atoms in total. The van der Waals surface area contributed by atoms with Crippen LogP contribution in [0.3, 0.4) is 0 Å². The van der Waals surface area contributed by atoms with Crippen molar-refractivity contribution in [2.24, 2.45) is 11.7 Å². The lowest BCUT2D eigenvalue weighted by Crippen LogP contribution is -2.36.